The zero-order valence-corrected chi connectivity index (χ0v) is 10.8. The van der Waals surface area contributed by atoms with Crippen molar-refractivity contribution >= 4 is 0 Å². The minimum absolute atomic E-state index is 0.176. The Kier molecular flexibility index (Phi) is 3.00. The molecule has 1 heteroatoms. The quantitative estimate of drug-likeness (QED) is 0.668. The molecule has 0 saturated heterocycles. The van der Waals surface area contributed by atoms with Gasteiger partial charge in [0, 0.05) is 5.92 Å². The van der Waals surface area contributed by atoms with Crippen LogP contribution in [0.25, 0.3) is 0 Å². The standard InChI is InChI=1S/C15H24O/c1-10(2)12-8-13-11(3)6-5-7-15(13,4)9-14(12)16/h6,12-14,16H,1,5,7-9H2,2-4H3/t12?,13?,14-,15?/m0/s1. The van der Waals surface area contributed by atoms with Gasteiger partial charge in [-0.05, 0) is 50.9 Å². The maximum atomic E-state index is 10.2. The molecule has 0 spiro atoms. The highest BCUT2D eigenvalue weighted by molar-refractivity contribution is 5.18. The molecule has 90 valence electrons. The molecule has 0 amide bonds. The van der Waals surface area contributed by atoms with Crippen molar-refractivity contribution in [3.05, 3.63) is 23.8 Å². The molecule has 0 bridgehead atoms. The largest absolute Gasteiger partial charge is 0.392 e. The predicted octanol–water partition coefficient (Wildman–Crippen LogP) is 3.70. The minimum atomic E-state index is -0.176. The summed E-state index contributed by atoms with van der Waals surface area (Å²) in [5, 5.41) is 10.2. The molecule has 1 saturated carbocycles. The molecule has 2 rings (SSSR count). The van der Waals surface area contributed by atoms with Crippen LogP contribution in [0, 0.1) is 17.3 Å². The predicted molar refractivity (Wildman–Crippen MR) is 68.1 cm³/mol. The Morgan fingerprint density at radius 3 is 2.88 bits per heavy atom. The van der Waals surface area contributed by atoms with Crippen LogP contribution in [-0.2, 0) is 0 Å². The van der Waals surface area contributed by atoms with Gasteiger partial charge in [0.15, 0.2) is 0 Å². The first-order valence-corrected chi connectivity index (χ1v) is 6.44. The number of rotatable bonds is 1. The second-order valence-corrected chi connectivity index (χ2v) is 6.15. The Balaban J connectivity index is 2.26. The van der Waals surface area contributed by atoms with Crippen LogP contribution >= 0.6 is 0 Å². The third-order valence-electron chi connectivity index (χ3n) is 4.84. The Morgan fingerprint density at radius 2 is 2.25 bits per heavy atom. The van der Waals surface area contributed by atoms with Crippen LogP contribution in [0.3, 0.4) is 0 Å². The van der Waals surface area contributed by atoms with E-state index in [2.05, 4.69) is 33.4 Å². The Hall–Kier alpha value is -0.560. The van der Waals surface area contributed by atoms with Crippen LogP contribution in [-0.4, -0.2) is 11.2 Å². The summed E-state index contributed by atoms with van der Waals surface area (Å²) >= 11 is 0. The van der Waals surface area contributed by atoms with Crippen LogP contribution < -0.4 is 0 Å². The highest BCUT2D eigenvalue weighted by atomic mass is 16.3. The molecule has 0 aromatic rings. The topological polar surface area (TPSA) is 20.2 Å². The van der Waals surface area contributed by atoms with Gasteiger partial charge in [0.25, 0.3) is 0 Å². The van der Waals surface area contributed by atoms with Gasteiger partial charge in [-0.1, -0.05) is 30.7 Å². The van der Waals surface area contributed by atoms with Crippen LogP contribution in [0.1, 0.15) is 46.5 Å². The number of hydrogen-bond acceptors (Lipinski definition) is 1. The molecule has 1 fully saturated rings. The molecule has 0 aliphatic heterocycles. The van der Waals surface area contributed by atoms with E-state index in [0.29, 0.717) is 17.3 Å². The summed E-state index contributed by atoms with van der Waals surface area (Å²) < 4.78 is 0. The van der Waals surface area contributed by atoms with E-state index in [-0.39, 0.29) is 6.10 Å². The van der Waals surface area contributed by atoms with Crippen molar-refractivity contribution < 1.29 is 5.11 Å². The van der Waals surface area contributed by atoms with Crippen molar-refractivity contribution in [3.8, 4) is 0 Å². The average Bonchev–Trinajstić information content (AvgIpc) is 2.15. The van der Waals surface area contributed by atoms with Gasteiger partial charge in [0.2, 0.25) is 0 Å². The van der Waals surface area contributed by atoms with E-state index in [4.69, 9.17) is 0 Å². The van der Waals surface area contributed by atoms with Crippen LogP contribution in [0.4, 0.5) is 0 Å². The first-order valence-electron chi connectivity index (χ1n) is 6.44. The lowest BCUT2D eigenvalue weighted by Gasteiger charge is -2.49. The Bertz CT molecular complexity index is 328. The van der Waals surface area contributed by atoms with Crippen molar-refractivity contribution in [2.75, 3.05) is 0 Å². The second kappa shape index (κ2) is 4.03. The van der Waals surface area contributed by atoms with Gasteiger partial charge in [-0.15, -0.1) is 0 Å². The number of allylic oxidation sites excluding steroid dienone is 2. The van der Waals surface area contributed by atoms with Crippen LogP contribution in [0.15, 0.2) is 23.8 Å². The summed E-state index contributed by atoms with van der Waals surface area (Å²) in [4.78, 5) is 0. The van der Waals surface area contributed by atoms with Gasteiger partial charge in [0.05, 0.1) is 6.10 Å². The highest BCUT2D eigenvalue weighted by Crippen LogP contribution is 2.52. The van der Waals surface area contributed by atoms with Gasteiger partial charge in [-0.25, -0.2) is 0 Å². The van der Waals surface area contributed by atoms with Crippen molar-refractivity contribution in [2.45, 2.75) is 52.6 Å². The molecule has 0 radical (unpaired) electrons. The average molecular weight is 220 g/mol. The third-order valence-corrected chi connectivity index (χ3v) is 4.84. The lowest BCUT2D eigenvalue weighted by molar-refractivity contribution is -0.0147. The van der Waals surface area contributed by atoms with Gasteiger partial charge >= 0.3 is 0 Å². The smallest absolute Gasteiger partial charge is 0.0610 e. The normalized spacial score (nSPS) is 43.5. The molecule has 3 unspecified atom stereocenters. The van der Waals surface area contributed by atoms with Gasteiger partial charge in [-0.2, -0.15) is 0 Å². The van der Waals surface area contributed by atoms with Crippen molar-refractivity contribution in [1.82, 2.24) is 0 Å². The first-order chi connectivity index (χ1) is 7.44. The minimum Gasteiger partial charge on any atom is -0.392 e. The number of hydrogen-bond donors (Lipinski definition) is 1. The van der Waals surface area contributed by atoms with Crippen LogP contribution in [0.2, 0.25) is 0 Å². The van der Waals surface area contributed by atoms with Crippen molar-refractivity contribution in [3.63, 3.8) is 0 Å². The van der Waals surface area contributed by atoms with E-state index < -0.39 is 0 Å². The molecule has 2 aliphatic rings. The molecule has 0 heterocycles. The van der Waals surface area contributed by atoms with Crippen molar-refractivity contribution in [1.29, 1.82) is 0 Å². The number of aliphatic hydroxyl groups is 1. The SMILES string of the molecule is C=C(C)C1CC2C(C)=CCCC2(C)C[C@@H]1O. The third kappa shape index (κ3) is 1.86. The van der Waals surface area contributed by atoms with Gasteiger partial charge < -0.3 is 5.11 Å². The van der Waals surface area contributed by atoms with E-state index in [1.165, 1.54) is 18.4 Å². The maximum absolute atomic E-state index is 10.2. The lowest BCUT2D eigenvalue weighted by atomic mass is 9.56. The molecular formula is C15H24O. The fourth-order valence-electron chi connectivity index (χ4n) is 3.77. The summed E-state index contributed by atoms with van der Waals surface area (Å²) in [5.41, 5.74) is 3.00. The fourth-order valence-corrected chi connectivity index (χ4v) is 3.77. The first kappa shape index (κ1) is 11.9. The summed E-state index contributed by atoms with van der Waals surface area (Å²) in [7, 11) is 0. The summed E-state index contributed by atoms with van der Waals surface area (Å²) in [5.74, 6) is 0.964. The lowest BCUT2D eigenvalue weighted by Crippen LogP contribution is -2.44. The molecule has 1 nitrogen and oxygen atoms in total. The molecule has 4 atom stereocenters. The highest BCUT2D eigenvalue weighted by Gasteiger charge is 2.45. The van der Waals surface area contributed by atoms with E-state index in [0.717, 1.165) is 18.4 Å². The maximum Gasteiger partial charge on any atom is 0.0610 e. The van der Waals surface area contributed by atoms with E-state index in [1.54, 1.807) is 0 Å². The zero-order chi connectivity index (χ0) is 11.9. The summed E-state index contributed by atoms with van der Waals surface area (Å²) in [6.07, 6.45) is 6.66. The van der Waals surface area contributed by atoms with E-state index in [9.17, 15) is 5.11 Å². The Labute approximate surface area is 99.3 Å². The second-order valence-electron chi connectivity index (χ2n) is 6.15. The summed E-state index contributed by atoms with van der Waals surface area (Å²) in [6, 6.07) is 0. The molecule has 16 heavy (non-hydrogen) atoms. The molecule has 2 aliphatic carbocycles. The van der Waals surface area contributed by atoms with Gasteiger partial charge in [-0.3, -0.25) is 0 Å². The molecule has 0 aromatic heterocycles. The molecular weight excluding hydrogens is 196 g/mol. The molecule has 1 N–H and O–H groups in total. The van der Waals surface area contributed by atoms with Crippen molar-refractivity contribution in [2.24, 2.45) is 17.3 Å². The summed E-state index contributed by atoms with van der Waals surface area (Å²) in [6.45, 7) is 10.7. The monoisotopic (exact) mass is 220 g/mol. The molecule has 0 aromatic carbocycles. The van der Waals surface area contributed by atoms with E-state index >= 15 is 0 Å². The number of aliphatic hydroxyl groups excluding tert-OH is 1. The van der Waals surface area contributed by atoms with Gasteiger partial charge in [0.1, 0.15) is 0 Å². The van der Waals surface area contributed by atoms with Crippen LogP contribution in [0.5, 0.6) is 0 Å². The Morgan fingerprint density at radius 1 is 1.56 bits per heavy atom. The van der Waals surface area contributed by atoms with E-state index in [1.807, 2.05) is 0 Å². The fraction of sp³-hybridized carbons (Fsp3) is 0.733. The zero-order valence-electron chi connectivity index (χ0n) is 10.8. The number of fused-ring (bicyclic) bond motifs is 1.